The van der Waals surface area contributed by atoms with Crippen molar-refractivity contribution in [2.45, 2.75) is 38.8 Å². The Bertz CT molecular complexity index is 507. The Kier molecular flexibility index (Phi) is 5.15. The van der Waals surface area contributed by atoms with Crippen LogP contribution in [0, 0.1) is 0 Å². The van der Waals surface area contributed by atoms with Gasteiger partial charge in [0.05, 0.1) is 0 Å². The molecule has 1 aromatic rings. The van der Waals surface area contributed by atoms with Crippen molar-refractivity contribution in [1.82, 2.24) is 15.1 Å². The minimum absolute atomic E-state index is 0.114. The fourth-order valence-corrected chi connectivity index (χ4v) is 2.03. The highest BCUT2D eigenvalue weighted by Crippen LogP contribution is 2.16. The summed E-state index contributed by atoms with van der Waals surface area (Å²) in [5, 5.41) is 15.6. The number of aromatic nitrogens is 2. The lowest BCUT2D eigenvalue weighted by atomic mass is 10.1. The van der Waals surface area contributed by atoms with Crippen LogP contribution >= 0.6 is 15.9 Å². The molecule has 0 aliphatic carbocycles. The highest BCUT2D eigenvalue weighted by atomic mass is 79.9. The maximum atomic E-state index is 11.6. The average Bonchev–Trinajstić information content (AvgIpc) is 2.53. The van der Waals surface area contributed by atoms with Gasteiger partial charge in [0.15, 0.2) is 0 Å². The first-order valence-electron chi connectivity index (χ1n) is 5.99. The van der Waals surface area contributed by atoms with E-state index in [2.05, 4.69) is 26.3 Å². The fourth-order valence-electron chi connectivity index (χ4n) is 1.52. The first-order valence-corrected chi connectivity index (χ1v) is 6.78. The summed E-state index contributed by atoms with van der Waals surface area (Å²) in [6.45, 7) is 5.13. The van der Waals surface area contributed by atoms with Gasteiger partial charge < -0.3 is 15.2 Å². The molecule has 0 spiro atoms. The number of nitrogens with one attached hydrogen (secondary N) is 1. The van der Waals surface area contributed by atoms with Gasteiger partial charge in [0.25, 0.3) is 0 Å². The molecule has 1 heterocycles. The van der Waals surface area contributed by atoms with Crippen molar-refractivity contribution >= 4 is 28.0 Å². The number of rotatable bonds is 4. The fraction of sp³-hybridized carbons (Fsp3) is 0.583. The number of alkyl carbamates (subject to hydrolysis) is 1. The van der Waals surface area contributed by atoms with Crippen molar-refractivity contribution in [3.8, 4) is 0 Å². The maximum Gasteiger partial charge on any atom is 0.408 e. The first-order chi connectivity index (χ1) is 9.08. The van der Waals surface area contributed by atoms with Crippen LogP contribution < -0.4 is 5.32 Å². The van der Waals surface area contributed by atoms with Gasteiger partial charge in [0, 0.05) is 25.2 Å². The molecule has 1 amide bonds. The van der Waals surface area contributed by atoms with Crippen LogP contribution in [0.4, 0.5) is 4.79 Å². The zero-order chi connectivity index (χ0) is 15.5. The molecule has 1 aromatic heterocycles. The molecule has 7 nitrogen and oxygen atoms in total. The third-order valence-corrected chi connectivity index (χ3v) is 2.93. The lowest BCUT2D eigenvalue weighted by Crippen LogP contribution is -2.44. The lowest BCUT2D eigenvalue weighted by Gasteiger charge is -2.21. The van der Waals surface area contributed by atoms with Crippen LogP contribution in [0.2, 0.25) is 0 Å². The van der Waals surface area contributed by atoms with Gasteiger partial charge in [-0.05, 0) is 36.7 Å². The van der Waals surface area contributed by atoms with Gasteiger partial charge in [-0.25, -0.2) is 9.59 Å². The number of hydrogen-bond acceptors (Lipinski definition) is 4. The molecule has 1 rings (SSSR count). The van der Waals surface area contributed by atoms with Crippen LogP contribution in [0.3, 0.4) is 0 Å². The summed E-state index contributed by atoms with van der Waals surface area (Å²) in [7, 11) is 1.73. The van der Waals surface area contributed by atoms with Crippen molar-refractivity contribution in [3.63, 3.8) is 0 Å². The Morgan fingerprint density at radius 3 is 2.55 bits per heavy atom. The standard InChI is InChI=1S/C12H18BrN3O4/c1-12(2,3)20-11(19)14-8(10(17)18)5-7-6-16(4)15-9(7)13/h6,8H,5H2,1-4H3,(H,14,19)(H,17,18). The zero-order valence-corrected chi connectivity index (χ0v) is 13.4. The van der Waals surface area contributed by atoms with Gasteiger partial charge in [-0.1, -0.05) is 0 Å². The maximum absolute atomic E-state index is 11.6. The summed E-state index contributed by atoms with van der Waals surface area (Å²) in [6.07, 6.45) is 1.05. The van der Waals surface area contributed by atoms with E-state index in [0.717, 1.165) is 0 Å². The number of carboxylic acids is 1. The molecule has 0 fully saturated rings. The summed E-state index contributed by atoms with van der Waals surface area (Å²) < 4.78 is 7.16. The van der Waals surface area contributed by atoms with Crippen LogP contribution in [-0.2, 0) is 23.0 Å². The van der Waals surface area contributed by atoms with Crippen LogP contribution in [0.1, 0.15) is 26.3 Å². The number of amides is 1. The van der Waals surface area contributed by atoms with E-state index < -0.39 is 23.7 Å². The number of halogens is 1. The molecule has 8 heteroatoms. The third-order valence-electron chi connectivity index (χ3n) is 2.27. The van der Waals surface area contributed by atoms with Crippen molar-refractivity contribution in [2.24, 2.45) is 7.05 Å². The summed E-state index contributed by atoms with van der Waals surface area (Å²) in [4.78, 5) is 22.8. The molecular formula is C12H18BrN3O4. The van der Waals surface area contributed by atoms with Crippen LogP contribution in [0.5, 0.6) is 0 Å². The molecule has 0 saturated heterocycles. The number of carbonyl (C=O) groups is 2. The van der Waals surface area contributed by atoms with Crippen LogP contribution in [0.25, 0.3) is 0 Å². The van der Waals surface area contributed by atoms with E-state index in [4.69, 9.17) is 9.84 Å². The van der Waals surface area contributed by atoms with Crippen LogP contribution in [0.15, 0.2) is 10.8 Å². The Balaban J connectivity index is 2.73. The Hall–Kier alpha value is -1.57. The molecule has 0 aliphatic heterocycles. The number of hydrogen-bond donors (Lipinski definition) is 2. The molecule has 2 N–H and O–H groups in total. The lowest BCUT2D eigenvalue weighted by molar-refractivity contribution is -0.139. The number of carboxylic acid groups (broad SMARTS) is 1. The normalized spacial score (nSPS) is 12.8. The molecule has 0 aromatic carbocycles. The van der Waals surface area contributed by atoms with E-state index in [1.165, 1.54) is 0 Å². The van der Waals surface area contributed by atoms with Crippen molar-refractivity contribution < 1.29 is 19.4 Å². The van der Waals surface area contributed by atoms with E-state index in [9.17, 15) is 9.59 Å². The summed E-state index contributed by atoms with van der Waals surface area (Å²) >= 11 is 3.24. The van der Waals surface area contributed by atoms with Gasteiger partial charge in [-0.3, -0.25) is 4.68 Å². The van der Waals surface area contributed by atoms with Crippen LogP contribution in [-0.4, -0.2) is 38.6 Å². The Morgan fingerprint density at radius 2 is 2.15 bits per heavy atom. The quantitative estimate of drug-likeness (QED) is 0.864. The molecule has 112 valence electrons. The third kappa shape index (κ3) is 5.20. The second kappa shape index (κ2) is 6.25. The Morgan fingerprint density at radius 1 is 1.55 bits per heavy atom. The van der Waals surface area contributed by atoms with Gasteiger partial charge in [-0.15, -0.1) is 0 Å². The Labute approximate surface area is 125 Å². The topological polar surface area (TPSA) is 93.5 Å². The second-order valence-corrected chi connectivity index (χ2v) is 6.11. The van der Waals surface area contributed by atoms with Crippen molar-refractivity contribution in [2.75, 3.05) is 0 Å². The minimum Gasteiger partial charge on any atom is -0.480 e. The molecular weight excluding hydrogens is 330 g/mol. The molecule has 0 radical (unpaired) electrons. The molecule has 20 heavy (non-hydrogen) atoms. The van der Waals surface area contributed by atoms with Gasteiger partial charge in [0.1, 0.15) is 16.2 Å². The molecule has 0 bridgehead atoms. The van der Waals surface area contributed by atoms with E-state index >= 15 is 0 Å². The number of aliphatic carboxylic acids is 1. The number of carbonyl (C=O) groups excluding carboxylic acids is 1. The zero-order valence-electron chi connectivity index (χ0n) is 11.8. The summed E-state index contributed by atoms with van der Waals surface area (Å²) in [6, 6.07) is -1.08. The predicted molar refractivity (Wildman–Crippen MR) is 75.4 cm³/mol. The average molecular weight is 348 g/mol. The number of nitrogens with zero attached hydrogens (tertiary/aromatic N) is 2. The highest BCUT2D eigenvalue weighted by Gasteiger charge is 2.25. The summed E-state index contributed by atoms with van der Waals surface area (Å²) in [5.41, 5.74) is 0.0122. The van der Waals surface area contributed by atoms with E-state index in [-0.39, 0.29) is 6.42 Å². The summed E-state index contributed by atoms with van der Waals surface area (Å²) in [5.74, 6) is -1.13. The van der Waals surface area contributed by atoms with E-state index in [0.29, 0.717) is 10.2 Å². The molecule has 0 aliphatic rings. The minimum atomic E-state index is -1.13. The molecule has 0 saturated carbocycles. The molecule has 1 atom stereocenters. The first kappa shape index (κ1) is 16.5. The number of aryl methyl sites for hydroxylation is 1. The van der Waals surface area contributed by atoms with Gasteiger partial charge >= 0.3 is 12.1 Å². The molecule has 1 unspecified atom stereocenters. The predicted octanol–water partition coefficient (Wildman–Crippen LogP) is 1.70. The van der Waals surface area contributed by atoms with E-state index in [1.54, 1.807) is 38.7 Å². The SMILES string of the molecule is Cn1cc(CC(NC(=O)OC(C)(C)C)C(=O)O)c(Br)n1. The monoisotopic (exact) mass is 347 g/mol. The largest absolute Gasteiger partial charge is 0.480 e. The van der Waals surface area contributed by atoms with Crippen molar-refractivity contribution in [1.29, 1.82) is 0 Å². The van der Waals surface area contributed by atoms with Gasteiger partial charge in [0.2, 0.25) is 0 Å². The van der Waals surface area contributed by atoms with Crippen molar-refractivity contribution in [3.05, 3.63) is 16.4 Å². The highest BCUT2D eigenvalue weighted by molar-refractivity contribution is 9.10. The van der Waals surface area contributed by atoms with Gasteiger partial charge in [-0.2, -0.15) is 5.10 Å². The second-order valence-electron chi connectivity index (χ2n) is 5.36. The van der Waals surface area contributed by atoms with E-state index in [1.807, 2.05) is 0 Å². The smallest absolute Gasteiger partial charge is 0.408 e. The number of ether oxygens (including phenoxy) is 1.